The van der Waals surface area contributed by atoms with Crippen LogP contribution in [0.2, 0.25) is 0 Å². The minimum absolute atomic E-state index is 0.359. The Labute approximate surface area is 130 Å². The van der Waals surface area contributed by atoms with Crippen LogP contribution in [-0.2, 0) is 6.54 Å². The molecule has 1 aromatic carbocycles. The Hall–Kier alpha value is -1.06. The lowest BCUT2D eigenvalue weighted by Gasteiger charge is -2.41. The second kappa shape index (κ2) is 5.98. The van der Waals surface area contributed by atoms with Gasteiger partial charge in [0.05, 0.1) is 30.0 Å². The van der Waals surface area contributed by atoms with Crippen molar-refractivity contribution in [1.29, 1.82) is 0 Å². The maximum atomic E-state index is 2.55. The van der Waals surface area contributed by atoms with Crippen molar-refractivity contribution in [1.82, 2.24) is 0 Å². The van der Waals surface area contributed by atoms with Gasteiger partial charge in [0.2, 0.25) is 0 Å². The second-order valence-corrected chi connectivity index (χ2v) is 8.29. The molecule has 21 heavy (non-hydrogen) atoms. The first kappa shape index (κ1) is 16.3. The molecule has 1 aliphatic rings. The number of hydrogen-bond acceptors (Lipinski definition) is 1. The highest BCUT2D eigenvalue weighted by atomic mass is 15.1. The molecule has 1 fully saturated rings. The minimum Gasteiger partial charge on any atom is -0.378 e. The van der Waals surface area contributed by atoms with Gasteiger partial charge in [-0.25, -0.2) is 0 Å². The van der Waals surface area contributed by atoms with Gasteiger partial charge >= 0.3 is 0 Å². The van der Waals surface area contributed by atoms with Gasteiger partial charge < -0.3 is 15.5 Å². The normalized spacial score (nSPS) is 21.2. The van der Waals surface area contributed by atoms with Crippen LogP contribution in [0, 0.1) is 0 Å². The molecule has 3 heteroatoms. The fourth-order valence-electron chi connectivity index (χ4n) is 4.00. The second-order valence-electron chi connectivity index (χ2n) is 8.29. The summed E-state index contributed by atoms with van der Waals surface area (Å²) < 4.78 is 0. The van der Waals surface area contributed by atoms with E-state index in [2.05, 4.69) is 81.6 Å². The highest BCUT2D eigenvalue weighted by molar-refractivity contribution is 5.45. The molecule has 1 saturated heterocycles. The van der Waals surface area contributed by atoms with Crippen LogP contribution in [0.25, 0.3) is 0 Å². The standard InChI is InChI=1S/C18H31N3/c1-17(2)11-15(12-18(3,4)20-17)19-13-14-7-9-16(10-8-14)21(5)6/h7-10,15,19-20H,11-13H2,1-6H3/p+2. The van der Waals surface area contributed by atoms with Crippen molar-refractivity contribution >= 4 is 5.69 Å². The zero-order valence-corrected chi connectivity index (χ0v) is 14.6. The number of nitrogens with two attached hydrogens (primary N) is 2. The maximum Gasteiger partial charge on any atom is 0.101 e. The lowest BCUT2D eigenvalue weighted by Crippen LogP contribution is -3.09. The van der Waals surface area contributed by atoms with Gasteiger partial charge in [-0.05, 0) is 39.8 Å². The summed E-state index contributed by atoms with van der Waals surface area (Å²) in [4.78, 5) is 2.15. The first-order valence-electron chi connectivity index (χ1n) is 8.14. The Morgan fingerprint density at radius 1 is 1.05 bits per heavy atom. The Morgan fingerprint density at radius 3 is 2.05 bits per heavy atom. The van der Waals surface area contributed by atoms with Crippen LogP contribution in [0.1, 0.15) is 46.1 Å². The van der Waals surface area contributed by atoms with Crippen LogP contribution in [0.5, 0.6) is 0 Å². The molecular formula is C18H33N3+2. The van der Waals surface area contributed by atoms with Crippen molar-refractivity contribution in [3.63, 3.8) is 0 Å². The number of benzene rings is 1. The highest BCUT2D eigenvalue weighted by Gasteiger charge is 2.43. The Kier molecular flexibility index (Phi) is 4.64. The zero-order valence-electron chi connectivity index (χ0n) is 14.6. The summed E-state index contributed by atoms with van der Waals surface area (Å²) >= 11 is 0. The number of quaternary nitrogens is 2. The topological polar surface area (TPSA) is 36.5 Å². The molecule has 0 unspecified atom stereocenters. The summed E-state index contributed by atoms with van der Waals surface area (Å²) in [6.07, 6.45) is 2.57. The van der Waals surface area contributed by atoms with Gasteiger partial charge in [-0.2, -0.15) is 0 Å². The molecule has 118 valence electrons. The molecule has 4 N–H and O–H groups in total. The molecular weight excluding hydrogens is 258 g/mol. The number of rotatable bonds is 4. The number of piperidine rings is 1. The molecule has 3 nitrogen and oxygen atoms in total. The quantitative estimate of drug-likeness (QED) is 0.856. The molecule has 0 atom stereocenters. The SMILES string of the molecule is CN(C)c1ccc(C[NH2+]C2CC(C)(C)[NH2+]C(C)(C)C2)cc1. The van der Waals surface area contributed by atoms with Crippen LogP contribution in [0.4, 0.5) is 5.69 Å². The van der Waals surface area contributed by atoms with E-state index < -0.39 is 0 Å². The predicted octanol–water partition coefficient (Wildman–Crippen LogP) is 1.10. The van der Waals surface area contributed by atoms with Gasteiger partial charge in [-0.15, -0.1) is 0 Å². The van der Waals surface area contributed by atoms with E-state index in [1.165, 1.54) is 24.1 Å². The summed E-state index contributed by atoms with van der Waals surface area (Å²) in [5.41, 5.74) is 3.41. The van der Waals surface area contributed by atoms with E-state index in [0.717, 1.165) is 12.6 Å². The molecule has 1 aliphatic heterocycles. The summed E-state index contributed by atoms with van der Waals surface area (Å²) in [5, 5.41) is 5.09. The smallest absolute Gasteiger partial charge is 0.101 e. The third kappa shape index (κ3) is 4.72. The van der Waals surface area contributed by atoms with Gasteiger partial charge in [0.25, 0.3) is 0 Å². The Bertz CT molecular complexity index is 444. The van der Waals surface area contributed by atoms with E-state index >= 15 is 0 Å². The number of anilines is 1. The molecule has 1 heterocycles. The average Bonchev–Trinajstić information content (AvgIpc) is 2.33. The van der Waals surface area contributed by atoms with Gasteiger partial charge in [0, 0.05) is 25.3 Å². The van der Waals surface area contributed by atoms with E-state index in [-0.39, 0.29) is 0 Å². The fourth-order valence-corrected chi connectivity index (χ4v) is 4.00. The van der Waals surface area contributed by atoms with Crippen molar-refractivity contribution in [2.75, 3.05) is 19.0 Å². The van der Waals surface area contributed by atoms with Crippen LogP contribution >= 0.6 is 0 Å². The lowest BCUT2D eigenvalue weighted by atomic mass is 9.79. The first-order valence-corrected chi connectivity index (χ1v) is 8.14. The van der Waals surface area contributed by atoms with Crippen LogP contribution < -0.4 is 15.5 Å². The maximum absolute atomic E-state index is 2.55. The van der Waals surface area contributed by atoms with Crippen LogP contribution in [0.15, 0.2) is 24.3 Å². The highest BCUT2D eigenvalue weighted by Crippen LogP contribution is 2.19. The molecule has 0 bridgehead atoms. The van der Waals surface area contributed by atoms with Crippen molar-refractivity contribution in [3.05, 3.63) is 29.8 Å². The monoisotopic (exact) mass is 291 g/mol. The van der Waals surface area contributed by atoms with Crippen molar-refractivity contribution in [3.8, 4) is 0 Å². The van der Waals surface area contributed by atoms with E-state index in [0.29, 0.717) is 11.1 Å². The third-order valence-corrected chi connectivity index (χ3v) is 4.50. The summed E-state index contributed by atoms with van der Waals surface area (Å²) in [6, 6.07) is 9.68. The molecule has 2 rings (SSSR count). The fraction of sp³-hybridized carbons (Fsp3) is 0.667. The van der Waals surface area contributed by atoms with E-state index in [1.807, 2.05) is 0 Å². The minimum atomic E-state index is 0.359. The first-order chi connectivity index (χ1) is 9.67. The van der Waals surface area contributed by atoms with Crippen molar-refractivity contribution in [2.24, 2.45) is 0 Å². The van der Waals surface area contributed by atoms with E-state index in [4.69, 9.17) is 0 Å². The van der Waals surface area contributed by atoms with Gasteiger partial charge in [-0.3, -0.25) is 0 Å². The van der Waals surface area contributed by atoms with Gasteiger partial charge in [-0.1, -0.05) is 12.1 Å². The van der Waals surface area contributed by atoms with E-state index in [1.54, 1.807) is 0 Å². The Balaban J connectivity index is 1.93. The summed E-state index contributed by atoms with van der Waals surface area (Å²) in [6.45, 7) is 10.6. The van der Waals surface area contributed by atoms with Gasteiger partial charge in [0.1, 0.15) is 6.54 Å². The van der Waals surface area contributed by atoms with Crippen molar-refractivity contribution < 1.29 is 10.6 Å². The summed E-state index contributed by atoms with van der Waals surface area (Å²) in [5.74, 6) is 0. The van der Waals surface area contributed by atoms with Crippen LogP contribution in [0.3, 0.4) is 0 Å². The molecule has 0 spiro atoms. The molecule has 0 aromatic heterocycles. The van der Waals surface area contributed by atoms with Gasteiger partial charge in [0.15, 0.2) is 0 Å². The number of hydrogen-bond donors (Lipinski definition) is 2. The predicted molar refractivity (Wildman–Crippen MR) is 89.5 cm³/mol. The average molecular weight is 291 g/mol. The zero-order chi connectivity index (χ0) is 15.7. The van der Waals surface area contributed by atoms with Crippen LogP contribution in [-0.4, -0.2) is 31.2 Å². The third-order valence-electron chi connectivity index (χ3n) is 4.50. The molecule has 1 aromatic rings. The summed E-state index contributed by atoms with van der Waals surface area (Å²) in [7, 11) is 4.17. The molecule has 0 aliphatic carbocycles. The molecule has 0 saturated carbocycles. The lowest BCUT2D eigenvalue weighted by molar-refractivity contribution is -0.816. The largest absolute Gasteiger partial charge is 0.378 e. The Morgan fingerprint density at radius 2 is 1.57 bits per heavy atom. The molecule has 0 amide bonds. The molecule has 0 radical (unpaired) electrons. The number of nitrogens with zero attached hydrogens (tertiary/aromatic N) is 1. The van der Waals surface area contributed by atoms with Crippen molar-refractivity contribution in [2.45, 2.75) is 64.2 Å². The van der Waals surface area contributed by atoms with E-state index in [9.17, 15) is 0 Å².